The molecule has 2 fully saturated rings. The van der Waals surface area contributed by atoms with Gasteiger partial charge < -0.3 is 14.6 Å². The first-order valence-corrected chi connectivity index (χ1v) is 13.1. The summed E-state index contributed by atoms with van der Waals surface area (Å²) in [6.45, 7) is 6.50. The Balaban J connectivity index is 1.33. The molecule has 1 aromatic carbocycles. The molecule has 3 heterocycles. The number of carbonyl (C=O) groups excluding carboxylic acids is 1. The summed E-state index contributed by atoms with van der Waals surface area (Å²) in [4.78, 5) is 15.1. The van der Waals surface area contributed by atoms with Crippen molar-refractivity contribution in [2.75, 3.05) is 52.5 Å². The summed E-state index contributed by atoms with van der Waals surface area (Å²) in [5.41, 5.74) is 0.864. The van der Waals surface area contributed by atoms with E-state index in [2.05, 4.69) is 10.2 Å². The minimum atomic E-state index is -3.48. The van der Waals surface area contributed by atoms with Crippen molar-refractivity contribution in [2.45, 2.75) is 43.5 Å². The van der Waals surface area contributed by atoms with Gasteiger partial charge in [-0.3, -0.25) is 9.69 Å². The molecule has 0 radical (unpaired) electrons. The Kier molecular flexibility index (Phi) is 7.83. The van der Waals surface area contributed by atoms with Gasteiger partial charge in [-0.15, -0.1) is 0 Å². The van der Waals surface area contributed by atoms with Gasteiger partial charge in [0.1, 0.15) is 6.54 Å². The molecule has 0 aliphatic carbocycles. The lowest BCUT2D eigenvalue weighted by atomic mass is 10.2. The van der Waals surface area contributed by atoms with Crippen molar-refractivity contribution in [2.24, 2.45) is 0 Å². The fourth-order valence-corrected chi connectivity index (χ4v) is 6.03. The number of hydrogen-bond donors (Lipinski definition) is 1. The van der Waals surface area contributed by atoms with E-state index >= 15 is 0 Å². The van der Waals surface area contributed by atoms with Crippen LogP contribution in [-0.2, 0) is 26.1 Å². The van der Waals surface area contributed by atoms with Crippen LogP contribution in [0.1, 0.15) is 32.1 Å². The van der Waals surface area contributed by atoms with Crippen LogP contribution in [0.5, 0.6) is 0 Å². The molecule has 2 aliphatic heterocycles. The molecule has 0 saturated carbocycles. The topological polar surface area (TPSA) is 83.9 Å². The van der Waals surface area contributed by atoms with Crippen LogP contribution in [0.15, 0.2) is 35.4 Å². The van der Waals surface area contributed by atoms with E-state index in [4.69, 9.17) is 4.74 Å². The highest BCUT2D eigenvalue weighted by molar-refractivity contribution is 7.89. The maximum atomic E-state index is 13.1. The van der Waals surface area contributed by atoms with E-state index in [1.807, 2.05) is 22.9 Å². The molecule has 1 N–H and O–H groups in total. The maximum Gasteiger partial charge on any atom is 0.243 e. The first kappa shape index (κ1) is 23.2. The molecule has 4 rings (SSSR count). The average Bonchev–Trinajstić information content (AvgIpc) is 3.00. The predicted molar refractivity (Wildman–Crippen MR) is 124 cm³/mol. The summed E-state index contributed by atoms with van der Waals surface area (Å²) < 4.78 is 35.0. The molecule has 1 aromatic heterocycles. The number of carbonyl (C=O) groups is 1. The monoisotopic (exact) mass is 462 g/mol. The minimum absolute atomic E-state index is 0.0363. The number of sulfonamides is 1. The van der Waals surface area contributed by atoms with Gasteiger partial charge in [0.05, 0.1) is 18.1 Å². The van der Waals surface area contributed by atoms with Crippen LogP contribution >= 0.6 is 0 Å². The molecule has 2 saturated heterocycles. The van der Waals surface area contributed by atoms with Gasteiger partial charge in [0.25, 0.3) is 0 Å². The van der Waals surface area contributed by atoms with Crippen molar-refractivity contribution in [3.05, 3.63) is 30.5 Å². The van der Waals surface area contributed by atoms with Crippen LogP contribution in [0.25, 0.3) is 10.9 Å². The first-order valence-electron chi connectivity index (χ1n) is 11.7. The smallest absolute Gasteiger partial charge is 0.243 e. The van der Waals surface area contributed by atoms with E-state index in [1.54, 1.807) is 16.4 Å². The Morgan fingerprint density at radius 2 is 1.75 bits per heavy atom. The van der Waals surface area contributed by atoms with Gasteiger partial charge in [0.15, 0.2) is 0 Å². The Morgan fingerprint density at radius 3 is 2.50 bits per heavy atom. The summed E-state index contributed by atoms with van der Waals surface area (Å²) in [5.74, 6) is -0.0363. The second-order valence-corrected chi connectivity index (χ2v) is 10.6. The van der Waals surface area contributed by atoms with E-state index in [0.29, 0.717) is 24.5 Å². The molecule has 0 atom stereocenters. The van der Waals surface area contributed by atoms with Gasteiger partial charge in [0, 0.05) is 49.8 Å². The van der Waals surface area contributed by atoms with E-state index in [-0.39, 0.29) is 12.5 Å². The molecule has 2 aliphatic rings. The summed E-state index contributed by atoms with van der Waals surface area (Å²) in [7, 11) is -3.48. The van der Waals surface area contributed by atoms with Crippen LogP contribution < -0.4 is 5.32 Å². The third kappa shape index (κ3) is 5.70. The highest BCUT2D eigenvalue weighted by Gasteiger charge is 2.25. The van der Waals surface area contributed by atoms with Crippen molar-refractivity contribution in [3.8, 4) is 0 Å². The molecule has 1 amide bonds. The van der Waals surface area contributed by atoms with Gasteiger partial charge in [-0.1, -0.05) is 12.8 Å². The van der Waals surface area contributed by atoms with Crippen molar-refractivity contribution in [1.29, 1.82) is 0 Å². The summed E-state index contributed by atoms with van der Waals surface area (Å²) >= 11 is 0. The first-order chi connectivity index (χ1) is 15.5. The zero-order chi connectivity index (χ0) is 22.4. The van der Waals surface area contributed by atoms with Crippen LogP contribution in [-0.4, -0.2) is 80.6 Å². The fraction of sp³-hybridized carbons (Fsp3) is 0.609. The van der Waals surface area contributed by atoms with E-state index < -0.39 is 10.0 Å². The highest BCUT2D eigenvalue weighted by Crippen LogP contribution is 2.25. The lowest BCUT2D eigenvalue weighted by Crippen LogP contribution is -2.38. The largest absolute Gasteiger partial charge is 0.379 e. The molecule has 2 aromatic rings. The quantitative estimate of drug-likeness (QED) is 0.607. The van der Waals surface area contributed by atoms with Crippen LogP contribution in [0, 0.1) is 0 Å². The van der Waals surface area contributed by atoms with Gasteiger partial charge in [-0.2, -0.15) is 4.31 Å². The molecule has 8 nitrogen and oxygen atoms in total. The Hall–Kier alpha value is -1.94. The van der Waals surface area contributed by atoms with Gasteiger partial charge in [-0.05, 0) is 50.1 Å². The second-order valence-electron chi connectivity index (χ2n) is 8.64. The number of aromatic nitrogens is 1. The average molecular weight is 463 g/mol. The SMILES string of the molecule is O=C(Cn1ccc2cc(S(=O)(=O)N3CCCCCC3)ccc21)NCCCN1CCOCC1. The minimum Gasteiger partial charge on any atom is -0.379 e. The van der Waals surface area contributed by atoms with Gasteiger partial charge in [-0.25, -0.2) is 8.42 Å². The Labute approximate surface area is 190 Å². The van der Waals surface area contributed by atoms with E-state index in [9.17, 15) is 13.2 Å². The zero-order valence-corrected chi connectivity index (χ0v) is 19.5. The van der Waals surface area contributed by atoms with Crippen LogP contribution in [0.3, 0.4) is 0 Å². The standard InChI is InChI=1S/C23H34N4O4S/c28-23(24-9-5-10-25-14-16-31-17-15-25)19-26-13-8-20-18-21(6-7-22(20)26)32(29,30)27-11-3-1-2-4-12-27/h6-8,13,18H,1-5,9-12,14-17,19H2,(H,24,28). The Bertz CT molecular complexity index is 1010. The number of nitrogens with zero attached hydrogens (tertiary/aromatic N) is 3. The number of ether oxygens (including phenoxy) is 1. The molecular weight excluding hydrogens is 428 g/mol. The number of fused-ring (bicyclic) bond motifs is 1. The zero-order valence-electron chi connectivity index (χ0n) is 18.7. The molecule has 32 heavy (non-hydrogen) atoms. The summed E-state index contributed by atoms with van der Waals surface area (Å²) in [6.07, 6.45) is 6.77. The van der Waals surface area contributed by atoms with Gasteiger partial charge >= 0.3 is 0 Å². The number of amides is 1. The second kappa shape index (κ2) is 10.8. The van der Waals surface area contributed by atoms with Crippen LogP contribution in [0.4, 0.5) is 0 Å². The third-order valence-corrected chi connectivity index (χ3v) is 8.23. The fourth-order valence-electron chi connectivity index (χ4n) is 4.47. The lowest BCUT2D eigenvalue weighted by Gasteiger charge is -2.26. The van der Waals surface area contributed by atoms with Crippen molar-refractivity contribution < 1.29 is 17.9 Å². The molecule has 0 unspecified atom stereocenters. The number of rotatable bonds is 8. The van der Waals surface area contributed by atoms with E-state index in [1.165, 1.54) is 0 Å². The third-order valence-electron chi connectivity index (χ3n) is 6.34. The maximum absolute atomic E-state index is 13.1. The summed E-state index contributed by atoms with van der Waals surface area (Å²) in [6, 6.07) is 7.08. The number of morpholine rings is 1. The highest BCUT2D eigenvalue weighted by atomic mass is 32.2. The molecule has 0 spiro atoms. The molecule has 9 heteroatoms. The van der Waals surface area contributed by atoms with Crippen LogP contribution in [0.2, 0.25) is 0 Å². The van der Waals surface area contributed by atoms with E-state index in [0.717, 1.165) is 75.9 Å². The molecule has 176 valence electrons. The predicted octanol–water partition coefficient (Wildman–Crippen LogP) is 2.04. The van der Waals surface area contributed by atoms with Crippen molar-refractivity contribution >= 4 is 26.8 Å². The molecule has 0 bridgehead atoms. The number of benzene rings is 1. The summed E-state index contributed by atoms with van der Waals surface area (Å²) in [5, 5.41) is 3.82. The molecular formula is C23H34N4O4S. The number of hydrogen-bond acceptors (Lipinski definition) is 5. The van der Waals surface area contributed by atoms with Crippen molar-refractivity contribution in [3.63, 3.8) is 0 Å². The van der Waals surface area contributed by atoms with Gasteiger partial charge in [0.2, 0.25) is 15.9 Å². The Morgan fingerprint density at radius 1 is 1.00 bits per heavy atom. The number of nitrogens with one attached hydrogen (secondary N) is 1. The normalized spacial score (nSPS) is 19.1. The van der Waals surface area contributed by atoms with Crippen molar-refractivity contribution in [1.82, 2.24) is 19.1 Å². The lowest BCUT2D eigenvalue weighted by molar-refractivity contribution is -0.121.